The number of hydrogen-bond donors (Lipinski definition) is 1. The fraction of sp³-hybridized carbons (Fsp3) is 0.467. The lowest BCUT2D eigenvalue weighted by Crippen LogP contribution is -2.21. The second-order valence-corrected chi connectivity index (χ2v) is 5.21. The van der Waals surface area contributed by atoms with E-state index >= 15 is 0 Å². The van der Waals surface area contributed by atoms with Gasteiger partial charge in [0.25, 0.3) is 0 Å². The van der Waals surface area contributed by atoms with Gasteiger partial charge in [-0.1, -0.05) is 35.0 Å². The summed E-state index contributed by atoms with van der Waals surface area (Å²) in [5.41, 5.74) is 2.25. The molecule has 5 heteroatoms. The highest BCUT2D eigenvalue weighted by molar-refractivity contribution is 5.85. The smallest absolute Gasteiger partial charge is 0.227 e. The van der Waals surface area contributed by atoms with Gasteiger partial charge in [0.15, 0.2) is 0 Å². The number of halogens is 1. The van der Waals surface area contributed by atoms with Crippen molar-refractivity contribution in [2.24, 2.45) is 0 Å². The minimum absolute atomic E-state index is 0. The Morgan fingerprint density at radius 1 is 1.30 bits per heavy atom. The van der Waals surface area contributed by atoms with Gasteiger partial charge in [-0.2, -0.15) is 4.98 Å². The molecule has 4 nitrogen and oxygen atoms in total. The van der Waals surface area contributed by atoms with Gasteiger partial charge in [-0.15, -0.1) is 12.4 Å². The van der Waals surface area contributed by atoms with E-state index in [9.17, 15) is 0 Å². The zero-order chi connectivity index (χ0) is 13.1. The van der Waals surface area contributed by atoms with Crippen LogP contribution in [-0.4, -0.2) is 22.7 Å². The maximum absolute atomic E-state index is 5.32. The third-order valence-electron chi connectivity index (χ3n) is 3.65. The van der Waals surface area contributed by atoms with Gasteiger partial charge in [0.1, 0.15) is 0 Å². The van der Waals surface area contributed by atoms with E-state index in [1.54, 1.807) is 0 Å². The molecule has 0 bridgehead atoms. The lowest BCUT2D eigenvalue weighted by atomic mass is 10.1. The molecule has 1 aliphatic rings. The lowest BCUT2D eigenvalue weighted by Gasteiger charge is -2.06. The van der Waals surface area contributed by atoms with Crippen LogP contribution < -0.4 is 5.32 Å². The summed E-state index contributed by atoms with van der Waals surface area (Å²) in [6, 6.07) is 8.81. The first-order valence-corrected chi connectivity index (χ1v) is 6.94. The van der Waals surface area contributed by atoms with Crippen molar-refractivity contribution in [3.8, 4) is 11.4 Å². The predicted octanol–water partition coefficient (Wildman–Crippen LogP) is 3.15. The van der Waals surface area contributed by atoms with Crippen LogP contribution in [-0.2, 0) is 6.42 Å². The number of benzene rings is 1. The van der Waals surface area contributed by atoms with Gasteiger partial charge in [-0.25, -0.2) is 0 Å². The minimum atomic E-state index is 0. The Morgan fingerprint density at radius 3 is 2.80 bits per heavy atom. The average Bonchev–Trinajstić information content (AvgIpc) is 3.09. The molecule has 1 atom stereocenters. The predicted molar refractivity (Wildman–Crippen MR) is 81.1 cm³/mol. The van der Waals surface area contributed by atoms with Crippen molar-refractivity contribution in [1.29, 1.82) is 0 Å². The molecule has 0 radical (unpaired) electrons. The van der Waals surface area contributed by atoms with E-state index in [0.29, 0.717) is 11.9 Å². The molecule has 2 heterocycles. The standard InChI is InChI=1S/C15H19N3O.ClH/c1-11-4-6-12(7-5-11)15-17-14(19-18-15)9-8-13-3-2-10-16-13;/h4-7,13,16H,2-3,8-10H2,1H3;1H. The molecule has 20 heavy (non-hydrogen) atoms. The van der Waals surface area contributed by atoms with Gasteiger partial charge < -0.3 is 9.84 Å². The van der Waals surface area contributed by atoms with Crippen LogP contribution in [0.2, 0.25) is 0 Å². The summed E-state index contributed by atoms with van der Waals surface area (Å²) in [5, 5.41) is 7.54. The van der Waals surface area contributed by atoms with Crippen molar-refractivity contribution in [2.45, 2.75) is 38.6 Å². The second-order valence-electron chi connectivity index (χ2n) is 5.21. The third-order valence-corrected chi connectivity index (χ3v) is 3.65. The Kier molecular flexibility index (Phi) is 5.15. The molecular weight excluding hydrogens is 274 g/mol. The lowest BCUT2D eigenvalue weighted by molar-refractivity contribution is 0.369. The molecule has 2 aromatic rings. The van der Waals surface area contributed by atoms with Gasteiger partial charge in [0.2, 0.25) is 11.7 Å². The van der Waals surface area contributed by atoms with Crippen molar-refractivity contribution in [2.75, 3.05) is 6.54 Å². The van der Waals surface area contributed by atoms with Crippen LogP contribution in [0, 0.1) is 6.92 Å². The molecule has 1 N–H and O–H groups in total. The maximum Gasteiger partial charge on any atom is 0.227 e. The van der Waals surface area contributed by atoms with E-state index in [4.69, 9.17) is 4.52 Å². The van der Waals surface area contributed by atoms with Crippen LogP contribution in [0.4, 0.5) is 0 Å². The van der Waals surface area contributed by atoms with E-state index in [-0.39, 0.29) is 12.4 Å². The molecule has 1 aromatic heterocycles. The topological polar surface area (TPSA) is 51.0 Å². The fourth-order valence-electron chi connectivity index (χ4n) is 2.48. The van der Waals surface area contributed by atoms with Crippen molar-refractivity contribution < 1.29 is 4.52 Å². The molecule has 1 aliphatic heterocycles. The quantitative estimate of drug-likeness (QED) is 0.941. The highest BCUT2D eigenvalue weighted by atomic mass is 35.5. The first kappa shape index (κ1) is 15.0. The zero-order valence-corrected chi connectivity index (χ0v) is 12.4. The number of aromatic nitrogens is 2. The first-order chi connectivity index (χ1) is 9.31. The first-order valence-electron chi connectivity index (χ1n) is 6.94. The molecule has 1 aromatic carbocycles. The van der Waals surface area contributed by atoms with Crippen LogP contribution in [0.5, 0.6) is 0 Å². The summed E-state index contributed by atoms with van der Waals surface area (Å²) in [5.74, 6) is 1.43. The average molecular weight is 294 g/mol. The number of hydrogen-bond acceptors (Lipinski definition) is 4. The van der Waals surface area contributed by atoms with E-state index in [0.717, 1.165) is 30.8 Å². The van der Waals surface area contributed by atoms with Crippen LogP contribution in [0.3, 0.4) is 0 Å². The van der Waals surface area contributed by atoms with Crippen molar-refractivity contribution in [1.82, 2.24) is 15.5 Å². The highest BCUT2D eigenvalue weighted by Gasteiger charge is 2.15. The number of nitrogens with zero attached hydrogens (tertiary/aromatic N) is 2. The third kappa shape index (κ3) is 3.58. The molecular formula is C15H20ClN3O. The molecule has 1 fully saturated rings. The summed E-state index contributed by atoms with van der Waals surface area (Å²) >= 11 is 0. The van der Waals surface area contributed by atoms with Crippen molar-refractivity contribution >= 4 is 12.4 Å². The van der Waals surface area contributed by atoms with E-state index in [1.807, 2.05) is 12.1 Å². The van der Waals surface area contributed by atoms with E-state index < -0.39 is 0 Å². The Balaban J connectivity index is 0.00000147. The number of rotatable bonds is 4. The maximum atomic E-state index is 5.32. The summed E-state index contributed by atoms with van der Waals surface area (Å²) in [7, 11) is 0. The Labute approximate surface area is 125 Å². The van der Waals surface area contributed by atoms with Crippen LogP contribution in [0.15, 0.2) is 28.8 Å². The molecule has 0 spiro atoms. The zero-order valence-electron chi connectivity index (χ0n) is 11.6. The summed E-state index contributed by atoms with van der Waals surface area (Å²) in [4.78, 5) is 4.47. The molecule has 1 saturated heterocycles. The molecule has 0 amide bonds. The Morgan fingerprint density at radius 2 is 2.10 bits per heavy atom. The van der Waals surface area contributed by atoms with Gasteiger partial charge in [-0.05, 0) is 32.7 Å². The van der Waals surface area contributed by atoms with Crippen molar-refractivity contribution in [3.63, 3.8) is 0 Å². The molecule has 0 aliphatic carbocycles. The van der Waals surface area contributed by atoms with Gasteiger partial charge in [0, 0.05) is 18.0 Å². The van der Waals surface area contributed by atoms with Crippen molar-refractivity contribution in [3.05, 3.63) is 35.7 Å². The largest absolute Gasteiger partial charge is 0.339 e. The highest BCUT2D eigenvalue weighted by Crippen LogP contribution is 2.18. The number of aryl methyl sites for hydroxylation is 2. The summed E-state index contributed by atoms with van der Waals surface area (Å²) in [6.45, 7) is 3.21. The summed E-state index contributed by atoms with van der Waals surface area (Å²) in [6.07, 6.45) is 4.48. The normalized spacial score (nSPS) is 17.9. The van der Waals surface area contributed by atoms with E-state index in [2.05, 4.69) is 34.5 Å². The Bertz CT molecular complexity index is 532. The molecule has 1 unspecified atom stereocenters. The van der Waals surface area contributed by atoms with Crippen LogP contribution in [0.25, 0.3) is 11.4 Å². The van der Waals surface area contributed by atoms with Gasteiger partial charge in [0.05, 0.1) is 0 Å². The molecule has 3 rings (SSSR count). The van der Waals surface area contributed by atoms with Crippen LogP contribution >= 0.6 is 12.4 Å². The Hall–Kier alpha value is -1.39. The summed E-state index contributed by atoms with van der Waals surface area (Å²) < 4.78 is 5.32. The molecule has 108 valence electrons. The molecule has 0 saturated carbocycles. The fourth-order valence-corrected chi connectivity index (χ4v) is 2.48. The van der Waals surface area contributed by atoms with Gasteiger partial charge in [-0.3, -0.25) is 0 Å². The monoisotopic (exact) mass is 293 g/mol. The minimum Gasteiger partial charge on any atom is -0.339 e. The number of nitrogens with one attached hydrogen (secondary N) is 1. The van der Waals surface area contributed by atoms with Gasteiger partial charge >= 0.3 is 0 Å². The van der Waals surface area contributed by atoms with E-state index in [1.165, 1.54) is 18.4 Å². The van der Waals surface area contributed by atoms with Crippen LogP contribution in [0.1, 0.15) is 30.7 Å². The second kappa shape index (κ2) is 6.86. The SMILES string of the molecule is Cc1ccc(-c2noc(CCC3CCCN3)n2)cc1.Cl.